The second kappa shape index (κ2) is 6.49. The molecular weight excluding hydrogens is 335 g/mol. The fourth-order valence-corrected chi connectivity index (χ4v) is 3.03. The van der Waals surface area contributed by atoms with Crippen LogP contribution in [0.1, 0.15) is 5.56 Å². The minimum absolute atomic E-state index is 0.198. The van der Waals surface area contributed by atoms with Crippen molar-refractivity contribution in [3.8, 4) is 0 Å². The van der Waals surface area contributed by atoms with Gasteiger partial charge in [0.25, 0.3) is 0 Å². The number of hydrogen-bond acceptors (Lipinski definition) is 4. The zero-order valence-corrected chi connectivity index (χ0v) is 13.1. The van der Waals surface area contributed by atoms with Gasteiger partial charge in [-0.3, -0.25) is 4.90 Å². The van der Waals surface area contributed by atoms with Crippen LogP contribution in [0.15, 0.2) is 41.1 Å². The van der Waals surface area contributed by atoms with Gasteiger partial charge >= 0.3 is 0 Å². The first-order chi connectivity index (χ1) is 10.2. The van der Waals surface area contributed by atoms with Crippen molar-refractivity contribution in [2.45, 2.75) is 6.54 Å². The zero-order valence-electron chi connectivity index (χ0n) is 11.5. The van der Waals surface area contributed by atoms with Gasteiger partial charge in [-0.1, -0.05) is 15.9 Å². The summed E-state index contributed by atoms with van der Waals surface area (Å²) < 4.78 is 14.2. The molecule has 0 aliphatic carbocycles. The molecule has 2 heterocycles. The van der Waals surface area contributed by atoms with Crippen molar-refractivity contribution in [2.24, 2.45) is 0 Å². The number of piperazine rings is 1. The van der Waals surface area contributed by atoms with Crippen LogP contribution in [0.5, 0.6) is 0 Å². The molecule has 1 fully saturated rings. The number of nitrogens with zero attached hydrogens (tertiary/aromatic N) is 4. The summed E-state index contributed by atoms with van der Waals surface area (Å²) in [6.07, 6.45) is 3.53. The van der Waals surface area contributed by atoms with E-state index in [1.165, 1.54) is 6.07 Å². The second-order valence-electron chi connectivity index (χ2n) is 5.09. The molecule has 1 aliphatic rings. The Kier molecular flexibility index (Phi) is 4.45. The fraction of sp³-hybridized carbons (Fsp3) is 0.333. The van der Waals surface area contributed by atoms with Crippen molar-refractivity contribution in [3.63, 3.8) is 0 Å². The predicted molar refractivity (Wildman–Crippen MR) is 83.6 cm³/mol. The molecule has 1 aliphatic heterocycles. The highest BCUT2D eigenvalue weighted by Gasteiger charge is 2.18. The van der Waals surface area contributed by atoms with Crippen molar-refractivity contribution >= 4 is 21.9 Å². The first-order valence-corrected chi connectivity index (χ1v) is 7.69. The van der Waals surface area contributed by atoms with Crippen LogP contribution in [0, 0.1) is 5.82 Å². The van der Waals surface area contributed by atoms with E-state index in [1.807, 2.05) is 12.1 Å². The number of anilines is 1. The van der Waals surface area contributed by atoms with Crippen LogP contribution in [-0.2, 0) is 6.54 Å². The monoisotopic (exact) mass is 350 g/mol. The van der Waals surface area contributed by atoms with Gasteiger partial charge < -0.3 is 4.90 Å². The second-order valence-corrected chi connectivity index (χ2v) is 6.01. The summed E-state index contributed by atoms with van der Waals surface area (Å²) in [5.41, 5.74) is 0.992. The van der Waals surface area contributed by atoms with Gasteiger partial charge in [-0.15, -0.1) is 0 Å². The molecule has 1 saturated heterocycles. The van der Waals surface area contributed by atoms with Crippen LogP contribution in [0.2, 0.25) is 0 Å². The standard InChI is InChI=1S/C15H16BrFN4/c16-13-8-12(9-14(17)10-13)11-20-4-6-21(7-5-20)15-18-2-1-3-19-15/h1-3,8-10H,4-7,11H2. The lowest BCUT2D eigenvalue weighted by Gasteiger charge is -2.34. The Morgan fingerprint density at radius 3 is 2.43 bits per heavy atom. The minimum Gasteiger partial charge on any atom is -0.338 e. The molecule has 0 radical (unpaired) electrons. The maximum absolute atomic E-state index is 13.4. The van der Waals surface area contributed by atoms with Gasteiger partial charge in [-0.2, -0.15) is 0 Å². The first kappa shape index (κ1) is 14.4. The summed E-state index contributed by atoms with van der Waals surface area (Å²) in [4.78, 5) is 13.0. The highest BCUT2D eigenvalue weighted by Crippen LogP contribution is 2.17. The molecule has 2 aromatic rings. The number of hydrogen-bond donors (Lipinski definition) is 0. The van der Waals surface area contributed by atoms with Crippen molar-refractivity contribution in [1.29, 1.82) is 0 Å². The minimum atomic E-state index is -0.198. The van der Waals surface area contributed by atoms with Crippen LogP contribution < -0.4 is 4.90 Å². The summed E-state index contributed by atoms with van der Waals surface area (Å²) in [6, 6.07) is 6.86. The zero-order chi connectivity index (χ0) is 14.7. The summed E-state index contributed by atoms with van der Waals surface area (Å²) in [6.45, 7) is 4.39. The number of rotatable bonds is 3. The maximum Gasteiger partial charge on any atom is 0.225 e. The highest BCUT2D eigenvalue weighted by atomic mass is 79.9. The first-order valence-electron chi connectivity index (χ1n) is 6.90. The molecule has 0 atom stereocenters. The van der Waals surface area contributed by atoms with Crippen molar-refractivity contribution in [2.75, 3.05) is 31.1 Å². The van der Waals surface area contributed by atoms with Crippen LogP contribution in [0.3, 0.4) is 0 Å². The normalized spacial score (nSPS) is 16.2. The molecule has 0 bridgehead atoms. The van der Waals surface area contributed by atoms with E-state index in [0.717, 1.165) is 48.7 Å². The molecule has 0 unspecified atom stereocenters. The fourth-order valence-electron chi connectivity index (χ4n) is 2.52. The van der Waals surface area contributed by atoms with Gasteiger partial charge in [0, 0.05) is 49.6 Å². The molecule has 1 aromatic carbocycles. The van der Waals surface area contributed by atoms with Gasteiger partial charge in [0.2, 0.25) is 5.95 Å². The number of aromatic nitrogens is 2. The van der Waals surface area contributed by atoms with Gasteiger partial charge in [0.15, 0.2) is 0 Å². The average molecular weight is 351 g/mol. The van der Waals surface area contributed by atoms with Crippen LogP contribution in [0.25, 0.3) is 0 Å². The van der Waals surface area contributed by atoms with E-state index in [2.05, 4.69) is 35.7 Å². The Morgan fingerprint density at radius 2 is 1.76 bits per heavy atom. The Balaban J connectivity index is 1.58. The molecule has 0 saturated carbocycles. The Hall–Kier alpha value is -1.53. The van der Waals surface area contributed by atoms with E-state index in [0.29, 0.717) is 0 Å². The molecule has 0 amide bonds. The Labute approximate surface area is 131 Å². The lowest BCUT2D eigenvalue weighted by atomic mass is 10.2. The number of halogens is 2. The maximum atomic E-state index is 13.4. The molecule has 3 rings (SSSR count). The van der Waals surface area contributed by atoms with Crippen molar-refractivity contribution < 1.29 is 4.39 Å². The lowest BCUT2D eigenvalue weighted by molar-refractivity contribution is 0.248. The number of benzene rings is 1. The van der Waals surface area contributed by atoms with E-state index in [1.54, 1.807) is 18.5 Å². The van der Waals surface area contributed by atoms with E-state index < -0.39 is 0 Å². The van der Waals surface area contributed by atoms with Gasteiger partial charge in [-0.05, 0) is 29.8 Å². The molecule has 0 N–H and O–H groups in total. The SMILES string of the molecule is Fc1cc(Br)cc(CN2CCN(c3ncccn3)CC2)c1. The molecule has 4 nitrogen and oxygen atoms in total. The van der Waals surface area contributed by atoms with E-state index >= 15 is 0 Å². The third-order valence-corrected chi connectivity index (χ3v) is 3.99. The predicted octanol–water partition coefficient (Wildman–Crippen LogP) is 2.70. The van der Waals surface area contributed by atoms with Crippen LogP contribution >= 0.6 is 15.9 Å². The summed E-state index contributed by atoms with van der Waals surface area (Å²) in [7, 11) is 0. The third kappa shape index (κ3) is 3.77. The molecule has 1 aromatic heterocycles. The molecular formula is C15H16BrFN4. The Bertz CT molecular complexity index is 580. The van der Waals surface area contributed by atoms with Gasteiger partial charge in [-0.25, -0.2) is 14.4 Å². The largest absolute Gasteiger partial charge is 0.338 e. The third-order valence-electron chi connectivity index (χ3n) is 3.54. The van der Waals surface area contributed by atoms with Crippen LogP contribution in [-0.4, -0.2) is 41.0 Å². The summed E-state index contributed by atoms with van der Waals surface area (Å²) in [5.74, 6) is 0.585. The molecule has 0 spiro atoms. The van der Waals surface area contributed by atoms with E-state index in [4.69, 9.17) is 0 Å². The molecule has 21 heavy (non-hydrogen) atoms. The van der Waals surface area contributed by atoms with Crippen molar-refractivity contribution in [3.05, 3.63) is 52.5 Å². The smallest absolute Gasteiger partial charge is 0.225 e. The Morgan fingerprint density at radius 1 is 1.05 bits per heavy atom. The topological polar surface area (TPSA) is 32.3 Å². The molecule has 110 valence electrons. The van der Waals surface area contributed by atoms with E-state index in [-0.39, 0.29) is 5.82 Å². The summed E-state index contributed by atoms with van der Waals surface area (Å²) in [5, 5.41) is 0. The highest BCUT2D eigenvalue weighted by molar-refractivity contribution is 9.10. The lowest BCUT2D eigenvalue weighted by Crippen LogP contribution is -2.46. The summed E-state index contributed by atoms with van der Waals surface area (Å²) >= 11 is 3.33. The van der Waals surface area contributed by atoms with Gasteiger partial charge in [0.05, 0.1) is 0 Å². The van der Waals surface area contributed by atoms with E-state index in [9.17, 15) is 4.39 Å². The molecule has 6 heteroatoms. The van der Waals surface area contributed by atoms with Crippen LogP contribution in [0.4, 0.5) is 10.3 Å². The quantitative estimate of drug-likeness (QED) is 0.851. The average Bonchev–Trinajstić information content (AvgIpc) is 2.48. The van der Waals surface area contributed by atoms with Gasteiger partial charge in [0.1, 0.15) is 5.82 Å². The van der Waals surface area contributed by atoms with Crippen molar-refractivity contribution in [1.82, 2.24) is 14.9 Å².